The van der Waals surface area contributed by atoms with E-state index in [2.05, 4.69) is 18.0 Å². The van der Waals surface area contributed by atoms with Crippen LogP contribution >= 0.6 is 11.6 Å². The van der Waals surface area contributed by atoms with Gasteiger partial charge in [-0.05, 0) is 44.0 Å². The molecule has 4 nitrogen and oxygen atoms in total. The van der Waals surface area contributed by atoms with Gasteiger partial charge in [-0.3, -0.25) is 4.79 Å². The molecule has 5 heteroatoms. The quantitative estimate of drug-likeness (QED) is 0.548. The van der Waals surface area contributed by atoms with E-state index < -0.39 is 0 Å². The van der Waals surface area contributed by atoms with Crippen molar-refractivity contribution in [1.29, 1.82) is 0 Å². The van der Waals surface area contributed by atoms with Gasteiger partial charge in [-0.2, -0.15) is 5.10 Å². The molecule has 4 rings (SSSR count). The Morgan fingerprint density at radius 3 is 2.42 bits per heavy atom. The second-order valence-electron chi connectivity index (χ2n) is 6.56. The average Bonchev–Trinajstić information content (AvgIpc) is 2.91. The molecule has 4 aromatic rings. The molecular weight excluding hydrogens is 346 g/mol. The summed E-state index contributed by atoms with van der Waals surface area (Å²) in [6.45, 7) is 6.05. The number of nitrogens with one attached hydrogen (secondary N) is 1. The van der Waals surface area contributed by atoms with Gasteiger partial charge in [0.25, 0.3) is 5.56 Å². The van der Waals surface area contributed by atoms with Gasteiger partial charge in [-0.1, -0.05) is 47.5 Å². The third kappa shape index (κ3) is 2.72. The van der Waals surface area contributed by atoms with Crippen LogP contribution in [0, 0.1) is 20.8 Å². The van der Waals surface area contributed by atoms with E-state index in [0.717, 1.165) is 33.6 Å². The highest BCUT2D eigenvalue weighted by atomic mass is 35.5. The van der Waals surface area contributed by atoms with Gasteiger partial charge in [0, 0.05) is 22.2 Å². The number of hydrogen-bond acceptors (Lipinski definition) is 2. The number of aromatic nitrogens is 3. The van der Waals surface area contributed by atoms with E-state index in [4.69, 9.17) is 16.7 Å². The molecule has 0 radical (unpaired) electrons. The van der Waals surface area contributed by atoms with Crippen LogP contribution in [0.4, 0.5) is 0 Å². The molecule has 0 saturated carbocycles. The highest BCUT2D eigenvalue weighted by molar-refractivity contribution is 6.30. The van der Waals surface area contributed by atoms with Crippen molar-refractivity contribution < 1.29 is 0 Å². The fraction of sp³-hybridized carbons (Fsp3) is 0.143. The summed E-state index contributed by atoms with van der Waals surface area (Å²) in [4.78, 5) is 15.3. The molecule has 2 aromatic carbocycles. The van der Waals surface area contributed by atoms with Crippen LogP contribution in [-0.4, -0.2) is 14.6 Å². The first-order valence-corrected chi connectivity index (χ1v) is 8.78. The minimum atomic E-state index is -0.150. The zero-order chi connectivity index (χ0) is 18.4. The van der Waals surface area contributed by atoms with Crippen LogP contribution in [0.25, 0.3) is 28.0 Å². The van der Waals surface area contributed by atoms with Crippen molar-refractivity contribution in [3.8, 4) is 22.4 Å². The molecule has 0 saturated heterocycles. The molecule has 0 aliphatic rings. The second-order valence-corrected chi connectivity index (χ2v) is 7.00. The molecule has 26 heavy (non-hydrogen) atoms. The second kappa shape index (κ2) is 6.15. The maximum atomic E-state index is 12.4. The number of nitrogens with zero attached hydrogens (tertiary/aromatic N) is 2. The van der Waals surface area contributed by atoms with Crippen LogP contribution in [0.15, 0.2) is 53.3 Å². The van der Waals surface area contributed by atoms with Crippen molar-refractivity contribution in [2.45, 2.75) is 20.8 Å². The Hall–Kier alpha value is -2.85. The summed E-state index contributed by atoms with van der Waals surface area (Å²) in [5, 5.41) is 5.38. The van der Waals surface area contributed by atoms with Crippen LogP contribution in [0.1, 0.15) is 16.8 Å². The lowest BCUT2D eigenvalue weighted by Gasteiger charge is -2.09. The molecule has 0 spiro atoms. The summed E-state index contributed by atoms with van der Waals surface area (Å²) in [7, 11) is 0. The monoisotopic (exact) mass is 363 g/mol. The molecule has 1 N–H and O–H groups in total. The Morgan fingerprint density at radius 2 is 1.73 bits per heavy atom. The smallest absolute Gasteiger partial charge is 0.251 e. The highest BCUT2D eigenvalue weighted by Gasteiger charge is 2.17. The standard InChI is InChI=1S/C21H18ClN3O/c1-12-4-9-17(13(2)10-12)18-11-19(26)23-21-20(14(3)24-25(18)21)15-5-7-16(22)8-6-15/h4-11H,1-3H3,(H,23,26). The molecule has 2 aromatic heterocycles. The average molecular weight is 364 g/mol. The molecule has 0 aliphatic carbocycles. The number of aromatic amines is 1. The van der Waals surface area contributed by atoms with E-state index in [1.165, 1.54) is 5.56 Å². The van der Waals surface area contributed by atoms with Gasteiger partial charge in [0.2, 0.25) is 0 Å². The third-order valence-corrected chi connectivity index (χ3v) is 4.84. The van der Waals surface area contributed by atoms with Gasteiger partial charge in [0.15, 0.2) is 0 Å². The summed E-state index contributed by atoms with van der Waals surface area (Å²) in [5.41, 5.74) is 7.33. The van der Waals surface area contributed by atoms with Crippen molar-refractivity contribution in [2.75, 3.05) is 0 Å². The number of fused-ring (bicyclic) bond motifs is 1. The first-order valence-electron chi connectivity index (χ1n) is 8.40. The minimum Gasteiger partial charge on any atom is -0.306 e. The normalized spacial score (nSPS) is 11.2. The molecule has 0 aliphatic heterocycles. The first kappa shape index (κ1) is 16.6. The van der Waals surface area contributed by atoms with Crippen molar-refractivity contribution in [2.24, 2.45) is 0 Å². The molecule has 0 unspecified atom stereocenters. The predicted molar refractivity (Wildman–Crippen MR) is 106 cm³/mol. The van der Waals surface area contributed by atoms with Crippen molar-refractivity contribution >= 4 is 17.2 Å². The summed E-state index contributed by atoms with van der Waals surface area (Å²) >= 11 is 6.01. The number of rotatable bonds is 2. The number of H-pyrrole nitrogens is 1. The summed E-state index contributed by atoms with van der Waals surface area (Å²) in [6.07, 6.45) is 0. The van der Waals surface area contributed by atoms with E-state index >= 15 is 0 Å². The van der Waals surface area contributed by atoms with Crippen molar-refractivity contribution in [1.82, 2.24) is 14.6 Å². The lowest BCUT2D eigenvalue weighted by molar-refractivity contribution is 0.917. The van der Waals surface area contributed by atoms with Crippen molar-refractivity contribution in [3.63, 3.8) is 0 Å². The fourth-order valence-electron chi connectivity index (χ4n) is 3.41. The highest BCUT2D eigenvalue weighted by Crippen LogP contribution is 2.31. The van der Waals surface area contributed by atoms with Gasteiger partial charge in [-0.15, -0.1) is 0 Å². The Labute approximate surface area is 156 Å². The van der Waals surface area contributed by atoms with E-state index in [1.54, 1.807) is 6.07 Å². The van der Waals surface area contributed by atoms with Crippen LogP contribution in [-0.2, 0) is 0 Å². The number of aryl methyl sites for hydroxylation is 3. The summed E-state index contributed by atoms with van der Waals surface area (Å²) in [5.74, 6) is 0. The Balaban J connectivity index is 2.04. The topological polar surface area (TPSA) is 50.2 Å². The van der Waals surface area contributed by atoms with Crippen molar-refractivity contribution in [3.05, 3.63) is 80.7 Å². The van der Waals surface area contributed by atoms with Crippen LogP contribution in [0.5, 0.6) is 0 Å². The fourth-order valence-corrected chi connectivity index (χ4v) is 3.54. The van der Waals surface area contributed by atoms with Gasteiger partial charge < -0.3 is 4.98 Å². The van der Waals surface area contributed by atoms with Gasteiger partial charge in [0.1, 0.15) is 5.65 Å². The molecule has 0 bridgehead atoms. The van der Waals surface area contributed by atoms with E-state index in [9.17, 15) is 4.79 Å². The Morgan fingerprint density at radius 1 is 1.00 bits per heavy atom. The Bertz CT molecular complexity index is 1190. The minimum absolute atomic E-state index is 0.150. The molecule has 2 heterocycles. The summed E-state index contributed by atoms with van der Waals surface area (Å²) in [6, 6.07) is 15.4. The molecule has 0 atom stereocenters. The maximum Gasteiger partial charge on any atom is 0.251 e. The van der Waals surface area contributed by atoms with Crippen LogP contribution < -0.4 is 5.56 Å². The molecule has 0 amide bonds. The van der Waals surface area contributed by atoms with E-state index in [-0.39, 0.29) is 5.56 Å². The molecule has 130 valence electrons. The van der Waals surface area contributed by atoms with Crippen LogP contribution in [0.3, 0.4) is 0 Å². The zero-order valence-electron chi connectivity index (χ0n) is 14.8. The summed E-state index contributed by atoms with van der Waals surface area (Å²) < 4.78 is 1.82. The lowest BCUT2D eigenvalue weighted by Crippen LogP contribution is -2.10. The van der Waals surface area contributed by atoms with Crippen LogP contribution in [0.2, 0.25) is 5.02 Å². The molecule has 0 fully saturated rings. The number of hydrogen-bond donors (Lipinski definition) is 1. The van der Waals surface area contributed by atoms with Gasteiger partial charge >= 0.3 is 0 Å². The van der Waals surface area contributed by atoms with E-state index in [0.29, 0.717) is 10.7 Å². The predicted octanol–water partition coefficient (Wildman–Crippen LogP) is 4.94. The third-order valence-electron chi connectivity index (χ3n) is 4.59. The number of halogens is 1. The lowest BCUT2D eigenvalue weighted by atomic mass is 10.0. The zero-order valence-corrected chi connectivity index (χ0v) is 15.6. The van der Waals surface area contributed by atoms with Gasteiger partial charge in [0.05, 0.1) is 11.4 Å². The largest absolute Gasteiger partial charge is 0.306 e. The maximum absolute atomic E-state index is 12.4. The SMILES string of the molecule is Cc1ccc(-c2cc(=O)[nH]c3c(-c4ccc(Cl)cc4)c(C)nn23)c(C)c1. The molecular formula is C21H18ClN3O. The first-order chi connectivity index (χ1) is 12.4. The van der Waals surface area contributed by atoms with Gasteiger partial charge in [-0.25, -0.2) is 4.52 Å². The van der Waals surface area contributed by atoms with E-state index in [1.807, 2.05) is 54.8 Å². The number of benzene rings is 2. The Kier molecular flexibility index (Phi) is 3.93.